The van der Waals surface area contributed by atoms with Crippen molar-refractivity contribution in [3.05, 3.63) is 34.4 Å². The predicted molar refractivity (Wildman–Crippen MR) is 91.2 cm³/mol. The minimum absolute atomic E-state index is 0.0865. The molecule has 0 aliphatic rings. The molecule has 0 radical (unpaired) electrons. The van der Waals surface area contributed by atoms with E-state index in [0.717, 1.165) is 5.75 Å². The Hall–Kier alpha value is -2.19. The summed E-state index contributed by atoms with van der Waals surface area (Å²) in [5.74, 6) is -0.384. The second-order valence-electron chi connectivity index (χ2n) is 5.11. The molecule has 3 amide bonds. The second-order valence-corrected chi connectivity index (χ2v) is 6.10. The molecule has 1 aromatic carbocycles. The van der Waals surface area contributed by atoms with Crippen molar-refractivity contribution in [2.24, 2.45) is 0 Å². The number of benzene rings is 1. The van der Waals surface area contributed by atoms with Crippen LogP contribution in [-0.4, -0.2) is 71.7 Å². The van der Waals surface area contributed by atoms with Crippen molar-refractivity contribution in [1.82, 2.24) is 9.80 Å². The van der Waals surface area contributed by atoms with Gasteiger partial charge in [0.15, 0.2) is 6.29 Å². The molecule has 0 saturated carbocycles. The standard InChI is InChI=1S/C16H20N2O5S/c1-11-6-12(8-19)14(15(22)17(2)4-5-24-3)7-13(11)16(23)18(9-20)10-21/h6-9,21H,4-5,10H2,1-3H3. The largest absolute Gasteiger partial charge is 0.376 e. The van der Waals surface area contributed by atoms with Crippen LogP contribution in [0.15, 0.2) is 12.1 Å². The van der Waals surface area contributed by atoms with Crippen LogP contribution in [-0.2, 0) is 4.79 Å². The number of carbonyl (C=O) groups excluding carboxylic acids is 4. The van der Waals surface area contributed by atoms with Crippen LogP contribution in [0.5, 0.6) is 0 Å². The summed E-state index contributed by atoms with van der Waals surface area (Å²) in [6.45, 7) is 1.31. The summed E-state index contributed by atoms with van der Waals surface area (Å²) in [4.78, 5) is 49.0. The van der Waals surface area contributed by atoms with Crippen LogP contribution in [0, 0.1) is 6.92 Å². The number of thioether (sulfide) groups is 1. The first-order valence-corrected chi connectivity index (χ1v) is 8.52. The molecule has 7 nitrogen and oxygen atoms in total. The zero-order valence-corrected chi connectivity index (χ0v) is 14.6. The zero-order valence-electron chi connectivity index (χ0n) is 13.8. The summed E-state index contributed by atoms with van der Waals surface area (Å²) in [6, 6.07) is 2.72. The van der Waals surface area contributed by atoms with Crippen LogP contribution in [0.3, 0.4) is 0 Å². The van der Waals surface area contributed by atoms with Crippen LogP contribution < -0.4 is 0 Å². The highest BCUT2D eigenvalue weighted by Crippen LogP contribution is 2.19. The van der Waals surface area contributed by atoms with Gasteiger partial charge >= 0.3 is 0 Å². The van der Waals surface area contributed by atoms with E-state index in [2.05, 4.69) is 0 Å². The van der Waals surface area contributed by atoms with Gasteiger partial charge in [0, 0.05) is 30.5 Å². The number of aldehydes is 1. The van der Waals surface area contributed by atoms with Crippen LogP contribution in [0.2, 0.25) is 0 Å². The molecule has 0 aromatic heterocycles. The summed E-state index contributed by atoms with van der Waals surface area (Å²) in [7, 11) is 1.61. The maximum atomic E-state index is 12.5. The van der Waals surface area contributed by atoms with Gasteiger partial charge in [-0.05, 0) is 30.9 Å². The van der Waals surface area contributed by atoms with Gasteiger partial charge in [0.2, 0.25) is 6.41 Å². The van der Waals surface area contributed by atoms with E-state index in [0.29, 0.717) is 23.3 Å². The maximum Gasteiger partial charge on any atom is 0.262 e. The van der Waals surface area contributed by atoms with Gasteiger partial charge in [0.1, 0.15) is 6.73 Å². The molecular weight excluding hydrogens is 332 g/mol. The van der Waals surface area contributed by atoms with E-state index in [1.807, 2.05) is 6.26 Å². The molecule has 0 bridgehead atoms. The summed E-state index contributed by atoms with van der Waals surface area (Å²) >= 11 is 1.58. The van der Waals surface area contributed by atoms with E-state index in [4.69, 9.17) is 5.11 Å². The lowest BCUT2D eigenvalue weighted by atomic mass is 9.98. The minimum atomic E-state index is -0.770. The lowest BCUT2D eigenvalue weighted by Crippen LogP contribution is -2.32. The number of rotatable bonds is 8. The molecule has 130 valence electrons. The minimum Gasteiger partial charge on any atom is -0.376 e. The van der Waals surface area contributed by atoms with Gasteiger partial charge in [-0.25, -0.2) is 0 Å². The number of hydrogen-bond acceptors (Lipinski definition) is 6. The molecule has 8 heteroatoms. The Labute approximate surface area is 144 Å². The number of hydrogen-bond donors (Lipinski definition) is 1. The van der Waals surface area contributed by atoms with E-state index in [1.54, 1.807) is 25.7 Å². The van der Waals surface area contributed by atoms with Crippen LogP contribution >= 0.6 is 11.8 Å². The molecule has 0 unspecified atom stereocenters. The van der Waals surface area contributed by atoms with Gasteiger partial charge in [-0.2, -0.15) is 11.8 Å². The first-order chi connectivity index (χ1) is 11.4. The Morgan fingerprint density at radius 2 is 1.88 bits per heavy atom. The summed E-state index contributed by atoms with van der Waals surface area (Å²) in [5, 5.41) is 9.05. The van der Waals surface area contributed by atoms with Gasteiger partial charge in [-0.15, -0.1) is 0 Å². The van der Waals surface area contributed by atoms with Crippen LogP contribution in [0.4, 0.5) is 0 Å². The number of aryl methyl sites for hydroxylation is 1. The fourth-order valence-electron chi connectivity index (χ4n) is 2.08. The highest BCUT2D eigenvalue weighted by molar-refractivity contribution is 7.98. The molecule has 1 N–H and O–H groups in total. The Morgan fingerprint density at radius 1 is 1.21 bits per heavy atom. The fraction of sp³-hybridized carbons (Fsp3) is 0.375. The number of aliphatic hydroxyl groups is 1. The molecular formula is C16H20N2O5S. The van der Waals surface area contributed by atoms with Gasteiger partial charge in [-0.1, -0.05) is 0 Å². The van der Waals surface area contributed by atoms with Crippen molar-refractivity contribution in [3.8, 4) is 0 Å². The van der Waals surface area contributed by atoms with Crippen molar-refractivity contribution >= 4 is 36.3 Å². The van der Waals surface area contributed by atoms with Crippen molar-refractivity contribution in [3.63, 3.8) is 0 Å². The molecule has 0 aliphatic carbocycles. The Morgan fingerprint density at radius 3 is 2.38 bits per heavy atom. The van der Waals surface area contributed by atoms with Crippen molar-refractivity contribution < 1.29 is 24.3 Å². The average Bonchev–Trinajstić information content (AvgIpc) is 2.59. The van der Waals surface area contributed by atoms with Crippen molar-refractivity contribution in [1.29, 1.82) is 0 Å². The lowest BCUT2D eigenvalue weighted by molar-refractivity contribution is -0.118. The van der Waals surface area contributed by atoms with Crippen LogP contribution in [0.1, 0.15) is 36.6 Å². The number of aliphatic hydroxyl groups excluding tert-OH is 1. The van der Waals surface area contributed by atoms with Gasteiger partial charge in [-0.3, -0.25) is 24.1 Å². The summed E-state index contributed by atoms with van der Waals surface area (Å²) in [5.41, 5.74) is 0.784. The molecule has 1 aromatic rings. The van der Waals surface area contributed by atoms with E-state index in [9.17, 15) is 19.2 Å². The maximum absolute atomic E-state index is 12.5. The fourth-order valence-corrected chi connectivity index (χ4v) is 2.54. The SMILES string of the molecule is CSCCN(C)C(=O)c1cc(C(=O)N(C=O)CO)c(C)cc1C=O. The summed E-state index contributed by atoms with van der Waals surface area (Å²) in [6.07, 6.45) is 2.68. The first-order valence-electron chi connectivity index (χ1n) is 7.12. The Balaban J connectivity index is 3.32. The van der Waals surface area contributed by atoms with E-state index in [-0.39, 0.29) is 29.0 Å². The highest BCUT2D eigenvalue weighted by atomic mass is 32.2. The van der Waals surface area contributed by atoms with Gasteiger partial charge in [0.25, 0.3) is 11.8 Å². The quantitative estimate of drug-likeness (QED) is 0.549. The zero-order chi connectivity index (χ0) is 18.3. The molecule has 0 aliphatic heterocycles. The number of carbonyl (C=O) groups is 4. The van der Waals surface area contributed by atoms with Gasteiger partial charge < -0.3 is 10.0 Å². The second kappa shape index (κ2) is 9.19. The monoisotopic (exact) mass is 352 g/mol. The molecule has 0 heterocycles. The Kier molecular flexibility index (Phi) is 7.60. The molecule has 0 atom stereocenters. The van der Waals surface area contributed by atoms with E-state index < -0.39 is 12.6 Å². The van der Waals surface area contributed by atoms with E-state index >= 15 is 0 Å². The third-order valence-corrected chi connectivity index (χ3v) is 4.09. The lowest BCUT2D eigenvalue weighted by Gasteiger charge is -2.20. The average molecular weight is 352 g/mol. The molecule has 1 rings (SSSR count). The third-order valence-electron chi connectivity index (χ3n) is 3.50. The third kappa shape index (κ3) is 4.42. The molecule has 0 fully saturated rings. The first kappa shape index (κ1) is 19.9. The van der Waals surface area contributed by atoms with Crippen molar-refractivity contribution in [2.45, 2.75) is 6.92 Å². The van der Waals surface area contributed by atoms with Crippen LogP contribution in [0.25, 0.3) is 0 Å². The van der Waals surface area contributed by atoms with Crippen molar-refractivity contribution in [2.75, 3.05) is 32.3 Å². The Bertz CT molecular complexity index is 648. The molecule has 24 heavy (non-hydrogen) atoms. The highest BCUT2D eigenvalue weighted by Gasteiger charge is 2.22. The smallest absolute Gasteiger partial charge is 0.262 e. The molecule has 0 spiro atoms. The predicted octanol–water partition coefficient (Wildman–Crippen LogP) is 0.791. The number of amides is 3. The summed E-state index contributed by atoms with van der Waals surface area (Å²) < 4.78 is 0. The number of imide groups is 1. The normalized spacial score (nSPS) is 10.2. The van der Waals surface area contributed by atoms with E-state index in [1.165, 1.54) is 17.0 Å². The topological polar surface area (TPSA) is 95.0 Å². The van der Waals surface area contributed by atoms with Gasteiger partial charge in [0.05, 0.1) is 5.56 Å². The molecule has 0 saturated heterocycles. The number of nitrogens with zero attached hydrogens (tertiary/aromatic N) is 2.